The molecule has 2 saturated heterocycles. The van der Waals surface area contributed by atoms with Crippen molar-refractivity contribution < 1.29 is 4.39 Å². The number of hydrogen-bond acceptors (Lipinski definition) is 2. The maximum Gasteiger partial charge on any atom is 0.125 e. The molecule has 0 aromatic carbocycles. The molecule has 0 radical (unpaired) electrons. The Labute approximate surface area is 131 Å². The van der Waals surface area contributed by atoms with Crippen molar-refractivity contribution in [2.24, 2.45) is 10.8 Å². The number of nitrogens with zero attached hydrogens (tertiary/aromatic N) is 2. The van der Waals surface area contributed by atoms with Gasteiger partial charge in [-0.05, 0) is 56.1 Å². The van der Waals surface area contributed by atoms with Gasteiger partial charge in [-0.1, -0.05) is 34.6 Å². The first kappa shape index (κ1) is 17.2. The zero-order chi connectivity index (χ0) is 15.7. The van der Waals surface area contributed by atoms with E-state index in [0.717, 1.165) is 12.6 Å². The van der Waals surface area contributed by atoms with Gasteiger partial charge in [0.1, 0.15) is 6.17 Å². The molecule has 1 atom stereocenters. The van der Waals surface area contributed by atoms with E-state index in [9.17, 15) is 4.39 Å². The highest BCUT2D eigenvalue weighted by molar-refractivity contribution is 4.89. The third-order valence-electron chi connectivity index (χ3n) is 5.22. The highest BCUT2D eigenvalue weighted by Gasteiger charge is 2.34. The smallest absolute Gasteiger partial charge is 0.125 e. The van der Waals surface area contributed by atoms with Gasteiger partial charge in [0.2, 0.25) is 0 Å². The van der Waals surface area contributed by atoms with Crippen LogP contribution in [0.3, 0.4) is 0 Å². The molecule has 0 aromatic rings. The monoisotopic (exact) mass is 298 g/mol. The largest absolute Gasteiger partial charge is 0.300 e. The summed E-state index contributed by atoms with van der Waals surface area (Å²) in [6.45, 7) is 16.7. The minimum atomic E-state index is -0.562. The van der Waals surface area contributed by atoms with Gasteiger partial charge < -0.3 is 4.90 Å². The van der Waals surface area contributed by atoms with Crippen molar-refractivity contribution in [3.05, 3.63) is 0 Å². The first-order chi connectivity index (χ1) is 9.65. The van der Waals surface area contributed by atoms with Crippen LogP contribution >= 0.6 is 0 Å². The van der Waals surface area contributed by atoms with E-state index >= 15 is 0 Å². The SMILES string of the molecule is CC(C)(C)CCN1CCC1CC(C)(C)CCN1CC(F)C1. The Morgan fingerprint density at radius 1 is 1.00 bits per heavy atom. The average Bonchev–Trinajstić information content (AvgIpc) is 2.28. The Morgan fingerprint density at radius 2 is 1.67 bits per heavy atom. The Hall–Kier alpha value is -0.150. The molecule has 0 N–H and O–H groups in total. The van der Waals surface area contributed by atoms with Crippen LogP contribution < -0.4 is 0 Å². The molecule has 21 heavy (non-hydrogen) atoms. The first-order valence-corrected chi connectivity index (χ1v) is 8.75. The summed E-state index contributed by atoms with van der Waals surface area (Å²) in [4.78, 5) is 4.93. The fraction of sp³-hybridized carbons (Fsp3) is 1.00. The van der Waals surface area contributed by atoms with Gasteiger partial charge in [-0.15, -0.1) is 0 Å². The molecule has 2 heterocycles. The van der Waals surface area contributed by atoms with Crippen LogP contribution in [0.15, 0.2) is 0 Å². The van der Waals surface area contributed by atoms with Crippen LogP contribution in [-0.2, 0) is 0 Å². The lowest BCUT2D eigenvalue weighted by atomic mass is 9.78. The maximum atomic E-state index is 12.8. The number of rotatable bonds is 7. The van der Waals surface area contributed by atoms with Crippen LogP contribution in [0, 0.1) is 10.8 Å². The summed E-state index contributed by atoms with van der Waals surface area (Å²) in [5, 5.41) is 0. The van der Waals surface area contributed by atoms with Gasteiger partial charge in [0.15, 0.2) is 0 Å². The summed E-state index contributed by atoms with van der Waals surface area (Å²) in [5.74, 6) is 0. The predicted octanol–water partition coefficient (Wildman–Crippen LogP) is 3.96. The van der Waals surface area contributed by atoms with E-state index in [1.165, 1.54) is 38.8 Å². The van der Waals surface area contributed by atoms with Gasteiger partial charge in [-0.3, -0.25) is 4.90 Å². The van der Waals surface area contributed by atoms with Gasteiger partial charge in [0, 0.05) is 19.1 Å². The molecule has 124 valence electrons. The Morgan fingerprint density at radius 3 is 2.14 bits per heavy atom. The molecule has 3 heteroatoms. The lowest BCUT2D eigenvalue weighted by Gasteiger charge is -2.46. The summed E-state index contributed by atoms with van der Waals surface area (Å²) in [7, 11) is 0. The highest BCUT2D eigenvalue weighted by Crippen LogP contribution is 2.35. The summed E-state index contributed by atoms with van der Waals surface area (Å²) in [5.41, 5.74) is 0.822. The van der Waals surface area contributed by atoms with Gasteiger partial charge in [-0.25, -0.2) is 4.39 Å². The second-order valence-electron chi connectivity index (χ2n) is 9.26. The normalized spacial score (nSPS) is 25.7. The fourth-order valence-electron chi connectivity index (χ4n) is 3.39. The van der Waals surface area contributed by atoms with Gasteiger partial charge in [0.25, 0.3) is 0 Å². The number of likely N-dealkylation sites (tertiary alicyclic amines) is 2. The molecule has 2 aliphatic rings. The molecule has 2 rings (SSSR count). The minimum absolute atomic E-state index is 0.381. The quantitative estimate of drug-likeness (QED) is 0.702. The van der Waals surface area contributed by atoms with Crippen molar-refractivity contribution in [3.8, 4) is 0 Å². The second kappa shape index (κ2) is 6.54. The summed E-state index contributed by atoms with van der Waals surface area (Å²) < 4.78 is 12.8. The summed E-state index contributed by atoms with van der Waals surface area (Å²) >= 11 is 0. The molecule has 2 fully saturated rings. The highest BCUT2D eigenvalue weighted by atomic mass is 19.1. The average molecular weight is 298 g/mol. The van der Waals surface area contributed by atoms with Crippen LogP contribution in [0.25, 0.3) is 0 Å². The molecule has 2 nitrogen and oxygen atoms in total. The zero-order valence-corrected chi connectivity index (χ0v) is 14.8. The van der Waals surface area contributed by atoms with Crippen molar-refractivity contribution in [2.45, 2.75) is 72.5 Å². The fourth-order valence-corrected chi connectivity index (χ4v) is 3.39. The van der Waals surface area contributed by atoms with E-state index in [4.69, 9.17) is 0 Å². The van der Waals surface area contributed by atoms with E-state index in [-0.39, 0.29) is 0 Å². The van der Waals surface area contributed by atoms with Crippen molar-refractivity contribution in [2.75, 3.05) is 32.7 Å². The molecule has 0 amide bonds. The lowest BCUT2D eigenvalue weighted by Crippen LogP contribution is -2.51. The van der Waals surface area contributed by atoms with E-state index in [0.29, 0.717) is 23.9 Å². The predicted molar refractivity (Wildman–Crippen MR) is 88.4 cm³/mol. The summed E-state index contributed by atoms with van der Waals surface area (Å²) in [6.07, 6.45) is 4.58. The molecule has 1 unspecified atom stereocenters. The molecule has 0 aliphatic carbocycles. The van der Waals surface area contributed by atoms with Gasteiger partial charge in [0.05, 0.1) is 0 Å². The number of halogens is 1. The first-order valence-electron chi connectivity index (χ1n) is 8.75. The zero-order valence-electron chi connectivity index (χ0n) is 14.8. The molecule has 0 spiro atoms. The van der Waals surface area contributed by atoms with Crippen molar-refractivity contribution in [1.82, 2.24) is 9.80 Å². The Bertz CT molecular complexity index is 329. The molecule has 0 saturated carbocycles. The molecule has 0 aromatic heterocycles. The Balaban J connectivity index is 1.67. The summed E-state index contributed by atoms with van der Waals surface area (Å²) in [6, 6.07) is 0.785. The van der Waals surface area contributed by atoms with Crippen LogP contribution in [0.1, 0.15) is 60.3 Å². The Kier molecular flexibility index (Phi) is 5.36. The number of hydrogen-bond donors (Lipinski definition) is 0. The van der Waals surface area contributed by atoms with Gasteiger partial charge in [-0.2, -0.15) is 0 Å². The molecule has 2 aliphatic heterocycles. The van der Waals surface area contributed by atoms with E-state index in [1.807, 2.05) is 0 Å². The minimum Gasteiger partial charge on any atom is -0.300 e. The lowest BCUT2D eigenvalue weighted by molar-refractivity contribution is 0.0260. The van der Waals surface area contributed by atoms with Crippen LogP contribution in [0.2, 0.25) is 0 Å². The van der Waals surface area contributed by atoms with Crippen LogP contribution in [0.4, 0.5) is 4.39 Å². The van der Waals surface area contributed by atoms with Gasteiger partial charge >= 0.3 is 0 Å². The van der Waals surface area contributed by atoms with E-state index in [2.05, 4.69) is 44.4 Å². The van der Waals surface area contributed by atoms with Crippen LogP contribution in [0.5, 0.6) is 0 Å². The molecular formula is C18H35FN2. The molecule has 0 bridgehead atoms. The third kappa shape index (κ3) is 5.52. The third-order valence-corrected chi connectivity index (χ3v) is 5.22. The van der Waals surface area contributed by atoms with Crippen molar-refractivity contribution >= 4 is 0 Å². The second-order valence-corrected chi connectivity index (χ2v) is 9.26. The van der Waals surface area contributed by atoms with E-state index < -0.39 is 6.17 Å². The maximum absolute atomic E-state index is 12.8. The number of alkyl halides is 1. The van der Waals surface area contributed by atoms with E-state index in [1.54, 1.807) is 0 Å². The van der Waals surface area contributed by atoms with Crippen molar-refractivity contribution in [1.29, 1.82) is 0 Å². The molecular weight excluding hydrogens is 263 g/mol. The van der Waals surface area contributed by atoms with Crippen molar-refractivity contribution in [3.63, 3.8) is 0 Å². The standard InChI is InChI=1S/C18H35FN2/c1-17(2,3)7-11-21-9-6-16(21)12-18(4,5)8-10-20-13-15(19)14-20/h15-16H,6-14H2,1-5H3. The topological polar surface area (TPSA) is 6.48 Å². The van der Waals surface area contributed by atoms with Crippen LogP contribution in [-0.4, -0.2) is 54.7 Å².